The predicted molar refractivity (Wildman–Crippen MR) is 71.1 cm³/mol. The third-order valence-corrected chi connectivity index (χ3v) is 3.49. The molecule has 4 nitrogen and oxygen atoms in total. The number of halogens is 3. The average molecular weight is 295 g/mol. The topological polar surface area (TPSA) is 49.6 Å². The number of carbonyl (C=O) groups excluding carboxylic acids is 1. The number of amides is 1. The first kappa shape index (κ1) is 17.2. The Labute approximate surface area is 118 Å². The number of nitrogens with zero attached hydrogens (tertiary/aromatic N) is 2. The van der Waals surface area contributed by atoms with Crippen LogP contribution in [0.4, 0.5) is 13.2 Å². The van der Waals surface area contributed by atoms with E-state index in [0.717, 1.165) is 6.42 Å². The first-order valence-electron chi connectivity index (χ1n) is 6.90. The van der Waals surface area contributed by atoms with Crippen LogP contribution in [0.25, 0.3) is 0 Å². The molecule has 0 radical (unpaired) electrons. The highest BCUT2D eigenvalue weighted by Crippen LogP contribution is 2.22. The molecular weight excluding hydrogens is 271 g/mol. The predicted octanol–water partition coefficient (Wildman–Crippen LogP) is 1.46. The SMILES string of the molecule is CCN(CC1CCN(C(=O)C(C)(C)N)C1)CC(F)(F)F. The van der Waals surface area contributed by atoms with E-state index < -0.39 is 18.3 Å². The lowest BCUT2D eigenvalue weighted by molar-refractivity contribution is -0.147. The molecule has 1 unspecified atom stereocenters. The Balaban J connectivity index is 2.50. The van der Waals surface area contributed by atoms with Crippen LogP contribution < -0.4 is 5.73 Å². The molecule has 1 heterocycles. The van der Waals surface area contributed by atoms with E-state index in [1.807, 2.05) is 0 Å². The van der Waals surface area contributed by atoms with Crippen LogP contribution >= 0.6 is 0 Å². The van der Waals surface area contributed by atoms with Gasteiger partial charge < -0.3 is 10.6 Å². The van der Waals surface area contributed by atoms with E-state index in [9.17, 15) is 18.0 Å². The summed E-state index contributed by atoms with van der Waals surface area (Å²) in [4.78, 5) is 15.0. The highest BCUT2D eigenvalue weighted by Gasteiger charge is 2.35. The Morgan fingerprint density at radius 1 is 1.40 bits per heavy atom. The molecule has 1 atom stereocenters. The number of nitrogens with two attached hydrogens (primary N) is 1. The van der Waals surface area contributed by atoms with Crippen LogP contribution in [0.5, 0.6) is 0 Å². The molecule has 0 aromatic carbocycles. The molecule has 0 aromatic rings. The monoisotopic (exact) mass is 295 g/mol. The van der Waals surface area contributed by atoms with Gasteiger partial charge in [-0.15, -0.1) is 0 Å². The summed E-state index contributed by atoms with van der Waals surface area (Å²) < 4.78 is 37.2. The van der Waals surface area contributed by atoms with Crippen molar-refractivity contribution in [2.45, 2.75) is 38.9 Å². The summed E-state index contributed by atoms with van der Waals surface area (Å²) in [6, 6.07) is 0. The molecule has 1 amide bonds. The molecule has 2 N–H and O–H groups in total. The Bertz CT molecular complexity index is 339. The lowest BCUT2D eigenvalue weighted by Crippen LogP contribution is -2.50. The van der Waals surface area contributed by atoms with Crippen LogP contribution in [-0.2, 0) is 4.79 Å². The van der Waals surface area contributed by atoms with E-state index in [2.05, 4.69) is 0 Å². The van der Waals surface area contributed by atoms with Crippen LogP contribution in [-0.4, -0.2) is 60.1 Å². The molecule has 1 fully saturated rings. The van der Waals surface area contributed by atoms with Gasteiger partial charge in [0.05, 0.1) is 12.1 Å². The fourth-order valence-corrected chi connectivity index (χ4v) is 2.50. The van der Waals surface area contributed by atoms with Crippen LogP contribution in [0.1, 0.15) is 27.2 Å². The molecule has 1 saturated heterocycles. The maximum absolute atomic E-state index is 12.4. The van der Waals surface area contributed by atoms with Gasteiger partial charge in [-0.3, -0.25) is 9.69 Å². The van der Waals surface area contributed by atoms with Crippen molar-refractivity contribution in [3.05, 3.63) is 0 Å². The highest BCUT2D eigenvalue weighted by atomic mass is 19.4. The standard InChI is InChI=1S/C13H24F3N3O/c1-4-18(9-13(14,15)16)7-10-5-6-19(8-10)11(20)12(2,3)17/h10H,4-9,17H2,1-3H3. The van der Waals surface area contributed by atoms with E-state index in [0.29, 0.717) is 26.2 Å². The fraction of sp³-hybridized carbons (Fsp3) is 0.923. The Kier molecular flexibility index (Phi) is 5.43. The van der Waals surface area contributed by atoms with Crippen molar-refractivity contribution < 1.29 is 18.0 Å². The molecule has 1 aliphatic heterocycles. The van der Waals surface area contributed by atoms with Gasteiger partial charge in [0.1, 0.15) is 0 Å². The number of hydrogen-bond donors (Lipinski definition) is 1. The van der Waals surface area contributed by atoms with Crippen molar-refractivity contribution in [2.24, 2.45) is 11.7 Å². The minimum Gasteiger partial charge on any atom is -0.341 e. The Morgan fingerprint density at radius 3 is 2.45 bits per heavy atom. The van der Waals surface area contributed by atoms with E-state index in [1.54, 1.807) is 25.7 Å². The van der Waals surface area contributed by atoms with Crippen LogP contribution in [0.3, 0.4) is 0 Å². The quantitative estimate of drug-likeness (QED) is 0.835. The van der Waals surface area contributed by atoms with Gasteiger partial charge in [0.25, 0.3) is 0 Å². The third kappa shape index (κ3) is 5.28. The van der Waals surface area contributed by atoms with Gasteiger partial charge in [0, 0.05) is 19.6 Å². The molecule has 20 heavy (non-hydrogen) atoms. The zero-order valence-electron chi connectivity index (χ0n) is 12.3. The second-order valence-electron chi connectivity index (χ2n) is 6.07. The van der Waals surface area contributed by atoms with Gasteiger partial charge in [-0.05, 0) is 32.7 Å². The maximum Gasteiger partial charge on any atom is 0.401 e. The summed E-state index contributed by atoms with van der Waals surface area (Å²) in [5.41, 5.74) is 4.84. The number of hydrogen-bond acceptors (Lipinski definition) is 3. The lowest BCUT2D eigenvalue weighted by atomic mass is 10.1. The van der Waals surface area contributed by atoms with Crippen molar-refractivity contribution >= 4 is 5.91 Å². The van der Waals surface area contributed by atoms with Gasteiger partial charge in [-0.25, -0.2) is 0 Å². The van der Waals surface area contributed by atoms with Gasteiger partial charge in [-0.1, -0.05) is 6.92 Å². The molecule has 118 valence electrons. The van der Waals surface area contributed by atoms with Crippen molar-refractivity contribution in [1.29, 1.82) is 0 Å². The molecule has 1 aliphatic rings. The number of alkyl halides is 3. The Morgan fingerprint density at radius 2 is 2.00 bits per heavy atom. The van der Waals surface area contributed by atoms with Crippen LogP contribution in [0, 0.1) is 5.92 Å². The van der Waals surface area contributed by atoms with Crippen LogP contribution in [0.15, 0.2) is 0 Å². The first-order chi connectivity index (χ1) is 9.03. The molecule has 0 saturated carbocycles. The smallest absolute Gasteiger partial charge is 0.341 e. The van der Waals surface area contributed by atoms with E-state index in [-0.39, 0.29) is 11.8 Å². The lowest BCUT2D eigenvalue weighted by Gasteiger charge is -2.27. The first-order valence-corrected chi connectivity index (χ1v) is 6.90. The molecular formula is C13H24F3N3O. The maximum atomic E-state index is 12.4. The molecule has 0 aliphatic carbocycles. The second-order valence-corrected chi connectivity index (χ2v) is 6.07. The highest BCUT2D eigenvalue weighted by molar-refractivity contribution is 5.85. The largest absolute Gasteiger partial charge is 0.401 e. The molecule has 0 spiro atoms. The normalized spacial score (nSPS) is 20.8. The van der Waals surface area contributed by atoms with E-state index in [1.165, 1.54) is 4.90 Å². The van der Waals surface area contributed by atoms with E-state index >= 15 is 0 Å². The van der Waals surface area contributed by atoms with Gasteiger partial charge >= 0.3 is 6.18 Å². The number of likely N-dealkylation sites (tertiary alicyclic amines) is 1. The summed E-state index contributed by atoms with van der Waals surface area (Å²) in [6.07, 6.45) is -3.44. The third-order valence-electron chi connectivity index (χ3n) is 3.49. The van der Waals surface area contributed by atoms with Crippen molar-refractivity contribution in [2.75, 3.05) is 32.7 Å². The zero-order valence-corrected chi connectivity index (χ0v) is 12.3. The van der Waals surface area contributed by atoms with Crippen LogP contribution in [0.2, 0.25) is 0 Å². The molecule has 1 rings (SSSR count). The average Bonchev–Trinajstić information content (AvgIpc) is 2.72. The summed E-state index contributed by atoms with van der Waals surface area (Å²) >= 11 is 0. The summed E-state index contributed by atoms with van der Waals surface area (Å²) in [6.45, 7) is 5.90. The number of carbonyl (C=O) groups is 1. The summed E-state index contributed by atoms with van der Waals surface area (Å²) in [7, 11) is 0. The van der Waals surface area contributed by atoms with Gasteiger partial charge in [-0.2, -0.15) is 13.2 Å². The number of rotatable bonds is 5. The molecule has 0 bridgehead atoms. The zero-order chi connectivity index (χ0) is 15.6. The fourth-order valence-electron chi connectivity index (χ4n) is 2.50. The van der Waals surface area contributed by atoms with Gasteiger partial charge in [0.2, 0.25) is 5.91 Å². The van der Waals surface area contributed by atoms with Gasteiger partial charge in [0.15, 0.2) is 0 Å². The molecule has 7 heteroatoms. The second kappa shape index (κ2) is 6.30. The molecule has 0 aromatic heterocycles. The van der Waals surface area contributed by atoms with E-state index in [4.69, 9.17) is 5.73 Å². The van der Waals surface area contributed by atoms with Crippen molar-refractivity contribution in [3.63, 3.8) is 0 Å². The summed E-state index contributed by atoms with van der Waals surface area (Å²) in [5.74, 6) is -0.0533. The van der Waals surface area contributed by atoms with Crippen molar-refractivity contribution in [1.82, 2.24) is 9.80 Å². The summed E-state index contributed by atoms with van der Waals surface area (Å²) in [5, 5.41) is 0. The van der Waals surface area contributed by atoms with Crippen molar-refractivity contribution in [3.8, 4) is 0 Å². The Hall–Kier alpha value is -0.820. The minimum atomic E-state index is -4.18. The minimum absolute atomic E-state index is 0.0867.